The Morgan fingerprint density at radius 1 is 1.05 bits per heavy atom. The first-order chi connectivity index (χ1) is 10.1. The van der Waals surface area contributed by atoms with Gasteiger partial charge in [0.05, 0.1) is 3.57 Å². The highest BCUT2D eigenvalue weighted by molar-refractivity contribution is 14.1. The molecule has 104 valence electrons. The van der Waals surface area contributed by atoms with E-state index in [-0.39, 0.29) is 16.6 Å². The lowest BCUT2D eigenvalue weighted by Gasteiger charge is -2.03. The summed E-state index contributed by atoms with van der Waals surface area (Å²) in [6, 6.07) is 14.4. The van der Waals surface area contributed by atoms with E-state index < -0.39 is 0 Å². The maximum absolute atomic E-state index is 12.1. The Labute approximate surface area is 134 Å². The quantitative estimate of drug-likeness (QED) is 0.665. The van der Waals surface area contributed by atoms with E-state index in [4.69, 9.17) is 4.42 Å². The molecular weight excluding hydrogens is 379 g/mol. The van der Waals surface area contributed by atoms with Gasteiger partial charge in [0.2, 0.25) is 0 Å². The van der Waals surface area contributed by atoms with E-state index in [0.717, 1.165) is 9.13 Å². The minimum atomic E-state index is -0.250. The van der Waals surface area contributed by atoms with Gasteiger partial charge in [-0.1, -0.05) is 36.4 Å². The van der Waals surface area contributed by atoms with Crippen LogP contribution in [0, 0.1) is 3.57 Å². The highest BCUT2D eigenvalue weighted by Crippen LogP contribution is 2.27. The second kappa shape index (κ2) is 5.73. The molecule has 1 N–H and O–H groups in total. The van der Waals surface area contributed by atoms with E-state index in [1.54, 1.807) is 12.1 Å². The van der Waals surface area contributed by atoms with Gasteiger partial charge in [-0.15, -0.1) is 0 Å². The normalized spacial score (nSPS) is 11.3. The minimum Gasteiger partial charge on any atom is -0.507 e. The molecule has 0 fully saturated rings. The summed E-state index contributed by atoms with van der Waals surface area (Å²) in [6.07, 6.45) is 3.62. The zero-order valence-electron chi connectivity index (χ0n) is 10.9. The zero-order chi connectivity index (χ0) is 14.8. The van der Waals surface area contributed by atoms with Gasteiger partial charge in [-0.05, 0) is 46.4 Å². The Kier molecular flexibility index (Phi) is 3.79. The number of benzene rings is 2. The number of fused-ring (bicyclic) bond motifs is 1. The van der Waals surface area contributed by atoms with Crippen LogP contribution in [0.4, 0.5) is 0 Å². The second-order valence-corrected chi connectivity index (χ2v) is 5.69. The van der Waals surface area contributed by atoms with Gasteiger partial charge in [0.15, 0.2) is 11.0 Å². The third-order valence-electron chi connectivity index (χ3n) is 3.07. The van der Waals surface area contributed by atoms with E-state index in [2.05, 4.69) is 22.6 Å². The third-order valence-corrected chi connectivity index (χ3v) is 3.92. The molecule has 4 heteroatoms. The van der Waals surface area contributed by atoms with Crippen LogP contribution in [-0.2, 0) is 0 Å². The van der Waals surface area contributed by atoms with Crippen LogP contribution in [-0.4, -0.2) is 5.11 Å². The van der Waals surface area contributed by atoms with Crippen molar-refractivity contribution in [3.05, 3.63) is 73.6 Å². The number of phenolic OH excluding ortho intramolecular Hbond substituents is 1. The minimum absolute atomic E-state index is 0.0576. The molecule has 1 heterocycles. The lowest BCUT2D eigenvalue weighted by atomic mass is 10.1. The molecule has 0 saturated heterocycles. The maximum Gasteiger partial charge on any atom is 0.197 e. The fourth-order valence-electron chi connectivity index (χ4n) is 2.06. The molecule has 0 radical (unpaired) electrons. The van der Waals surface area contributed by atoms with Gasteiger partial charge in [0.25, 0.3) is 0 Å². The van der Waals surface area contributed by atoms with E-state index in [9.17, 15) is 9.90 Å². The van der Waals surface area contributed by atoms with Crippen LogP contribution in [0.1, 0.15) is 11.3 Å². The molecule has 0 aliphatic heterocycles. The second-order valence-electron chi connectivity index (χ2n) is 4.53. The molecule has 0 saturated carbocycles. The van der Waals surface area contributed by atoms with Gasteiger partial charge < -0.3 is 9.52 Å². The van der Waals surface area contributed by atoms with E-state index in [1.165, 1.54) is 12.1 Å². The molecule has 3 rings (SSSR count). The van der Waals surface area contributed by atoms with Crippen molar-refractivity contribution in [3.63, 3.8) is 0 Å². The summed E-state index contributed by atoms with van der Waals surface area (Å²) >= 11 is 2.08. The van der Waals surface area contributed by atoms with Crippen molar-refractivity contribution in [2.75, 3.05) is 0 Å². The Balaban J connectivity index is 2.11. The average molecular weight is 390 g/mol. The summed E-state index contributed by atoms with van der Waals surface area (Å²) in [4.78, 5) is 12.1. The molecule has 0 unspecified atom stereocenters. The monoisotopic (exact) mass is 390 g/mol. The summed E-state index contributed by atoms with van der Waals surface area (Å²) in [6.45, 7) is 0. The predicted octanol–water partition coefficient (Wildman–Crippen LogP) is 4.27. The molecular formula is C17H11IO3. The molecule has 2 aromatic carbocycles. The maximum atomic E-state index is 12.1. The number of phenols is 1. The predicted molar refractivity (Wildman–Crippen MR) is 92.2 cm³/mol. The molecule has 21 heavy (non-hydrogen) atoms. The van der Waals surface area contributed by atoms with Gasteiger partial charge in [0, 0.05) is 6.07 Å². The van der Waals surface area contributed by atoms with E-state index in [0.29, 0.717) is 11.3 Å². The first-order valence-corrected chi connectivity index (χ1v) is 7.41. The van der Waals surface area contributed by atoms with Crippen molar-refractivity contribution in [2.24, 2.45) is 0 Å². The molecule has 3 nitrogen and oxygen atoms in total. The van der Waals surface area contributed by atoms with Crippen LogP contribution in [0.2, 0.25) is 0 Å². The molecule has 0 aliphatic rings. The van der Waals surface area contributed by atoms with Crippen LogP contribution in [0.3, 0.4) is 0 Å². The zero-order valence-corrected chi connectivity index (χ0v) is 13.1. The molecule has 3 aromatic rings. The molecule has 0 spiro atoms. The third kappa shape index (κ3) is 2.85. The molecule has 0 aliphatic carbocycles. The number of rotatable bonds is 2. The Bertz CT molecular complexity index is 880. The largest absolute Gasteiger partial charge is 0.507 e. The van der Waals surface area contributed by atoms with Gasteiger partial charge >= 0.3 is 0 Å². The fourth-order valence-corrected chi connectivity index (χ4v) is 2.62. The topological polar surface area (TPSA) is 50.4 Å². The van der Waals surface area contributed by atoms with Crippen molar-refractivity contribution in [1.29, 1.82) is 0 Å². The molecule has 0 atom stereocenters. The SMILES string of the molecule is O=c1cc(/C=C/c2ccccc2)oc2c(I)ccc(O)c12. The highest BCUT2D eigenvalue weighted by Gasteiger charge is 2.10. The Morgan fingerprint density at radius 2 is 1.81 bits per heavy atom. The summed E-state index contributed by atoms with van der Waals surface area (Å²) in [7, 11) is 0. The van der Waals surface area contributed by atoms with Crippen LogP contribution in [0.15, 0.2) is 57.7 Å². The molecule has 0 bridgehead atoms. The fraction of sp³-hybridized carbons (Fsp3) is 0. The van der Waals surface area contributed by atoms with Gasteiger partial charge in [-0.3, -0.25) is 4.79 Å². The first-order valence-electron chi connectivity index (χ1n) is 6.33. The van der Waals surface area contributed by atoms with Gasteiger partial charge in [-0.25, -0.2) is 0 Å². The summed E-state index contributed by atoms with van der Waals surface area (Å²) < 4.78 is 6.51. The highest BCUT2D eigenvalue weighted by atomic mass is 127. The van der Waals surface area contributed by atoms with Crippen molar-refractivity contribution < 1.29 is 9.52 Å². The van der Waals surface area contributed by atoms with E-state index >= 15 is 0 Å². The standard InChI is InChI=1S/C17H11IO3/c18-13-8-9-14(19)16-15(20)10-12(21-17(13)16)7-6-11-4-2-1-3-5-11/h1-10,19H/b7-6+. The number of hydrogen-bond acceptors (Lipinski definition) is 3. The van der Waals surface area contributed by atoms with Gasteiger partial charge in [-0.2, -0.15) is 0 Å². The van der Waals surface area contributed by atoms with Crippen LogP contribution >= 0.6 is 22.6 Å². The number of hydrogen-bond donors (Lipinski definition) is 1. The van der Waals surface area contributed by atoms with Crippen LogP contribution in [0.5, 0.6) is 5.75 Å². The molecule has 0 amide bonds. The number of halogens is 1. The Hall–Kier alpha value is -2.08. The van der Waals surface area contributed by atoms with Crippen LogP contribution < -0.4 is 5.43 Å². The lowest BCUT2D eigenvalue weighted by molar-refractivity contribution is 0.479. The summed E-state index contributed by atoms with van der Waals surface area (Å²) in [5.74, 6) is 0.401. The summed E-state index contributed by atoms with van der Waals surface area (Å²) in [5, 5.41) is 10.0. The smallest absolute Gasteiger partial charge is 0.197 e. The average Bonchev–Trinajstić information content (AvgIpc) is 2.50. The van der Waals surface area contributed by atoms with Crippen molar-refractivity contribution >= 4 is 45.7 Å². The van der Waals surface area contributed by atoms with E-state index in [1.807, 2.05) is 36.4 Å². The Morgan fingerprint density at radius 3 is 2.57 bits per heavy atom. The van der Waals surface area contributed by atoms with Crippen molar-refractivity contribution in [1.82, 2.24) is 0 Å². The van der Waals surface area contributed by atoms with Crippen molar-refractivity contribution in [3.8, 4) is 5.75 Å². The lowest BCUT2D eigenvalue weighted by Crippen LogP contribution is -2.01. The van der Waals surface area contributed by atoms with Crippen LogP contribution in [0.25, 0.3) is 23.1 Å². The van der Waals surface area contributed by atoms with Gasteiger partial charge in [0.1, 0.15) is 16.9 Å². The van der Waals surface area contributed by atoms with Crippen molar-refractivity contribution in [2.45, 2.75) is 0 Å². The molecule has 1 aromatic heterocycles. The summed E-state index contributed by atoms with van der Waals surface area (Å²) in [5.41, 5.74) is 1.18. The number of aromatic hydroxyl groups is 1. The first kappa shape index (κ1) is 13.9.